The fraction of sp³-hybridized carbons (Fsp3) is 0.143. The average Bonchev–Trinajstić information content (AvgIpc) is 2.05. The molecule has 1 aliphatic rings. The van der Waals surface area contributed by atoms with Crippen molar-refractivity contribution < 1.29 is 4.79 Å². The maximum absolute atomic E-state index is 10.9. The summed E-state index contributed by atoms with van der Waals surface area (Å²) in [5.74, 6) is 0.534. The van der Waals surface area contributed by atoms with Gasteiger partial charge < -0.3 is 10.6 Å². The van der Waals surface area contributed by atoms with Crippen molar-refractivity contribution in [1.82, 2.24) is 4.98 Å². The zero-order chi connectivity index (χ0) is 8.55. The van der Waals surface area contributed by atoms with Crippen LogP contribution in [0.25, 0.3) is 0 Å². The smallest absolute Gasteiger partial charge is 0.244 e. The summed E-state index contributed by atoms with van der Waals surface area (Å²) >= 11 is 3.29. The summed E-state index contributed by atoms with van der Waals surface area (Å²) in [5, 5.41) is 5.60. The summed E-state index contributed by atoms with van der Waals surface area (Å²) in [5.41, 5.74) is 0.851. The summed E-state index contributed by atoms with van der Waals surface area (Å²) in [6.07, 6.45) is 1.64. The normalized spacial score (nSPS) is 14.6. The number of halogens is 1. The molecule has 0 bridgehead atoms. The molecule has 62 valence electrons. The van der Waals surface area contributed by atoms with E-state index in [2.05, 4.69) is 31.5 Å². The number of amides is 1. The van der Waals surface area contributed by atoms with E-state index in [1.54, 1.807) is 6.20 Å². The maximum Gasteiger partial charge on any atom is 0.244 e. The Hall–Kier alpha value is -1.10. The first-order valence-corrected chi connectivity index (χ1v) is 4.24. The van der Waals surface area contributed by atoms with Gasteiger partial charge in [-0.2, -0.15) is 0 Å². The first kappa shape index (κ1) is 7.54. The SMILES string of the molecule is O=C1CNc2cc(Br)cnc2N1. The number of nitrogens with one attached hydrogen (secondary N) is 2. The molecule has 1 amide bonds. The fourth-order valence-corrected chi connectivity index (χ4v) is 1.36. The first-order chi connectivity index (χ1) is 5.75. The standard InChI is InChI=1S/C7H6BrN3O/c8-4-1-5-7(10-2-4)11-6(12)3-9-5/h1-2,9H,3H2,(H,10,11,12). The second kappa shape index (κ2) is 2.75. The Bertz CT molecular complexity index is 339. The highest BCUT2D eigenvalue weighted by Crippen LogP contribution is 2.24. The number of carbonyl (C=O) groups is 1. The van der Waals surface area contributed by atoms with Crippen molar-refractivity contribution in [2.24, 2.45) is 0 Å². The van der Waals surface area contributed by atoms with Crippen molar-refractivity contribution >= 4 is 33.3 Å². The zero-order valence-electron chi connectivity index (χ0n) is 6.10. The van der Waals surface area contributed by atoms with Crippen LogP contribution in [0.2, 0.25) is 0 Å². The fourth-order valence-electron chi connectivity index (χ4n) is 1.03. The van der Waals surface area contributed by atoms with E-state index in [9.17, 15) is 4.79 Å². The minimum absolute atomic E-state index is 0.0580. The van der Waals surface area contributed by atoms with Gasteiger partial charge in [0.2, 0.25) is 5.91 Å². The van der Waals surface area contributed by atoms with Gasteiger partial charge in [0.15, 0.2) is 5.82 Å². The van der Waals surface area contributed by atoms with E-state index in [-0.39, 0.29) is 5.91 Å². The quantitative estimate of drug-likeness (QED) is 0.701. The molecule has 0 aromatic carbocycles. The van der Waals surface area contributed by atoms with E-state index >= 15 is 0 Å². The lowest BCUT2D eigenvalue weighted by atomic mass is 10.3. The van der Waals surface area contributed by atoms with Crippen LogP contribution in [-0.4, -0.2) is 17.4 Å². The Morgan fingerprint density at radius 3 is 3.25 bits per heavy atom. The molecule has 0 atom stereocenters. The van der Waals surface area contributed by atoms with Crippen LogP contribution in [0.4, 0.5) is 11.5 Å². The summed E-state index contributed by atoms with van der Waals surface area (Å²) in [6.45, 7) is 0.311. The highest BCUT2D eigenvalue weighted by atomic mass is 79.9. The van der Waals surface area contributed by atoms with Gasteiger partial charge in [0.1, 0.15) is 0 Å². The molecule has 1 aromatic rings. The van der Waals surface area contributed by atoms with Gasteiger partial charge in [-0.1, -0.05) is 0 Å². The molecular formula is C7H6BrN3O. The summed E-state index contributed by atoms with van der Waals surface area (Å²) in [7, 11) is 0. The van der Waals surface area contributed by atoms with E-state index in [0.29, 0.717) is 12.4 Å². The lowest BCUT2D eigenvalue weighted by Crippen LogP contribution is -2.27. The Balaban J connectivity index is 2.43. The van der Waals surface area contributed by atoms with Crippen molar-refractivity contribution in [3.63, 3.8) is 0 Å². The van der Waals surface area contributed by atoms with Gasteiger partial charge in [-0.15, -0.1) is 0 Å². The Morgan fingerprint density at radius 2 is 2.42 bits per heavy atom. The van der Waals surface area contributed by atoms with E-state index in [0.717, 1.165) is 10.2 Å². The third kappa shape index (κ3) is 1.27. The monoisotopic (exact) mass is 227 g/mol. The van der Waals surface area contributed by atoms with E-state index in [1.165, 1.54) is 0 Å². The lowest BCUT2D eigenvalue weighted by molar-refractivity contribution is -0.114. The number of carbonyl (C=O) groups excluding carboxylic acids is 1. The molecule has 0 aliphatic carbocycles. The van der Waals surface area contributed by atoms with Gasteiger partial charge in [0.25, 0.3) is 0 Å². The molecule has 0 unspecified atom stereocenters. The van der Waals surface area contributed by atoms with E-state index < -0.39 is 0 Å². The zero-order valence-corrected chi connectivity index (χ0v) is 7.68. The topological polar surface area (TPSA) is 54.0 Å². The molecule has 1 aromatic heterocycles. The average molecular weight is 228 g/mol. The largest absolute Gasteiger partial charge is 0.373 e. The molecular weight excluding hydrogens is 222 g/mol. The number of fused-ring (bicyclic) bond motifs is 1. The van der Waals surface area contributed by atoms with Gasteiger partial charge in [0, 0.05) is 10.7 Å². The molecule has 0 saturated carbocycles. The molecule has 5 heteroatoms. The van der Waals surface area contributed by atoms with Gasteiger partial charge in [-0.05, 0) is 22.0 Å². The number of pyridine rings is 1. The molecule has 0 radical (unpaired) electrons. The number of nitrogens with zero attached hydrogens (tertiary/aromatic N) is 1. The van der Waals surface area contributed by atoms with Crippen molar-refractivity contribution in [3.05, 3.63) is 16.7 Å². The number of hydrogen-bond donors (Lipinski definition) is 2. The van der Waals surface area contributed by atoms with Crippen LogP contribution in [0.1, 0.15) is 0 Å². The summed E-state index contributed by atoms with van der Waals surface area (Å²) in [4.78, 5) is 14.9. The molecule has 1 aliphatic heterocycles. The van der Waals surface area contributed by atoms with Crippen molar-refractivity contribution in [1.29, 1.82) is 0 Å². The highest BCUT2D eigenvalue weighted by Gasteiger charge is 2.14. The lowest BCUT2D eigenvalue weighted by Gasteiger charge is -2.16. The predicted octanol–water partition coefficient (Wildman–Crippen LogP) is 1.21. The molecule has 0 fully saturated rings. The molecule has 0 spiro atoms. The van der Waals surface area contributed by atoms with Crippen molar-refractivity contribution in [3.8, 4) is 0 Å². The molecule has 2 heterocycles. The van der Waals surface area contributed by atoms with E-state index in [1.807, 2.05) is 6.07 Å². The van der Waals surface area contributed by atoms with Crippen LogP contribution in [0.3, 0.4) is 0 Å². The Labute approximate surface area is 77.5 Å². The van der Waals surface area contributed by atoms with Crippen LogP contribution in [0, 0.1) is 0 Å². The Morgan fingerprint density at radius 1 is 1.58 bits per heavy atom. The van der Waals surface area contributed by atoms with Crippen LogP contribution in [-0.2, 0) is 4.79 Å². The van der Waals surface area contributed by atoms with Gasteiger partial charge in [-0.25, -0.2) is 4.98 Å². The molecule has 2 rings (SSSR count). The van der Waals surface area contributed by atoms with Gasteiger partial charge in [-0.3, -0.25) is 4.79 Å². The first-order valence-electron chi connectivity index (χ1n) is 3.45. The molecule has 2 N–H and O–H groups in total. The Kier molecular flexibility index (Phi) is 1.73. The van der Waals surface area contributed by atoms with E-state index in [4.69, 9.17) is 0 Å². The number of aromatic nitrogens is 1. The number of hydrogen-bond acceptors (Lipinski definition) is 3. The van der Waals surface area contributed by atoms with Crippen molar-refractivity contribution in [2.45, 2.75) is 0 Å². The maximum atomic E-state index is 10.9. The third-order valence-electron chi connectivity index (χ3n) is 1.55. The third-order valence-corrected chi connectivity index (χ3v) is 1.99. The number of anilines is 2. The van der Waals surface area contributed by atoms with Crippen molar-refractivity contribution in [2.75, 3.05) is 17.2 Å². The van der Waals surface area contributed by atoms with Crippen LogP contribution >= 0.6 is 15.9 Å². The second-order valence-electron chi connectivity index (χ2n) is 2.45. The predicted molar refractivity (Wildman–Crippen MR) is 49.1 cm³/mol. The molecule has 4 nitrogen and oxygen atoms in total. The molecule has 12 heavy (non-hydrogen) atoms. The van der Waals surface area contributed by atoms with Crippen LogP contribution < -0.4 is 10.6 Å². The minimum atomic E-state index is -0.0580. The summed E-state index contributed by atoms with van der Waals surface area (Å²) in [6, 6.07) is 1.88. The highest BCUT2D eigenvalue weighted by molar-refractivity contribution is 9.10. The van der Waals surface area contributed by atoms with Crippen LogP contribution in [0.5, 0.6) is 0 Å². The summed E-state index contributed by atoms with van der Waals surface area (Å²) < 4.78 is 0.893. The van der Waals surface area contributed by atoms with Gasteiger partial charge >= 0.3 is 0 Å². The number of rotatable bonds is 0. The molecule has 0 saturated heterocycles. The van der Waals surface area contributed by atoms with Crippen LogP contribution in [0.15, 0.2) is 16.7 Å². The second-order valence-corrected chi connectivity index (χ2v) is 3.37. The minimum Gasteiger partial charge on any atom is -0.373 e. The van der Waals surface area contributed by atoms with Gasteiger partial charge in [0.05, 0.1) is 12.2 Å².